The average Bonchev–Trinajstić information content (AvgIpc) is 3.45. The van der Waals surface area contributed by atoms with Gasteiger partial charge >= 0.3 is 5.97 Å². The fourth-order valence-electron chi connectivity index (χ4n) is 6.21. The van der Waals surface area contributed by atoms with E-state index in [9.17, 15) is 15.0 Å². The van der Waals surface area contributed by atoms with E-state index in [-0.39, 0.29) is 36.3 Å². The fraction of sp³-hybridized carbons (Fsp3) is 0.848. The third kappa shape index (κ3) is 10.8. The second kappa shape index (κ2) is 16.9. The Morgan fingerprint density at radius 2 is 1.65 bits per heavy atom. The van der Waals surface area contributed by atoms with Gasteiger partial charge in [-0.25, -0.2) is 4.79 Å². The van der Waals surface area contributed by atoms with Gasteiger partial charge in [0.2, 0.25) is 0 Å². The van der Waals surface area contributed by atoms with Crippen LogP contribution in [0.1, 0.15) is 124 Å². The Kier molecular flexibility index (Phi) is 14.0. The highest BCUT2D eigenvalue weighted by atomic mass is 16.7. The number of aliphatic carboxylic acids is 1. The lowest BCUT2D eigenvalue weighted by Gasteiger charge is -2.31. The zero-order valence-electron chi connectivity index (χ0n) is 25.4. The molecule has 0 aromatic heterocycles. The minimum Gasteiger partial charge on any atom is -0.479 e. The maximum absolute atomic E-state index is 12.3. The molecule has 2 aliphatic heterocycles. The van der Waals surface area contributed by atoms with Crippen molar-refractivity contribution in [1.29, 1.82) is 0 Å². The maximum Gasteiger partial charge on any atom is 0.335 e. The van der Waals surface area contributed by atoms with Gasteiger partial charge in [-0.3, -0.25) is 0 Å². The van der Waals surface area contributed by atoms with Gasteiger partial charge in [0.1, 0.15) is 0 Å². The van der Waals surface area contributed by atoms with Gasteiger partial charge in [0.15, 0.2) is 18.2 Å². The van der Waals surface area contributed by atoms with Crippen LogP contribution in [0.25, 0.3) is 0 Å². The first-order valence-corrected chi connectivity index (χ1v) is 16.1. The van der Waals surface area contributed by atoms with Crippen molar-refractivity contribution in [3.8, 4) is 0 Å². The molecule has 0 radical (unpaired) electrons. The second-order valence-electron chi connectivity index (χ2n) is 12.9. The van der Waals surface area contributed by atoms with Crippen molar-refractivity contribution in [3.63, 3.8) is 0 Å². The van der Waals surface area contributed by atoms with Gasteiger partial charge in [0.25, 0.3) is 0 Å². The van der Waals surface area contributed by atoms with Gasteiger partial charge in [-0.2, -0.15) is 0 Å². The van der Waals surface area contributed by atoms with E-state index in [1.54, 1.807) is 0 Å². The number of aliphatic hydroxyl groups is 1. The molecule has 3 rings (SSSR count). The Balaban J connectivity index is 1.55. The lowest BCUT2D eigenvalue weighted by molar-refractivity contribution is -0.166. The van der Waals surface area contributed by atoms with E-state index in [0.717, 1.165) is 83.2 Å². The molecule has 230 valence electrons. The van der Waals surface area contributed by atoms with Gasteiger partial charge in [-0.05, 0) is 101 Å². The number of allylic oxidation sites excluding steroid dienone is 3. The third-order valence-electron chi connectivity index (χ3n) is 8.93. The Morgan fingerprint density at radius 1 is 0.950 bits per heavy atom. The summed E-state index contributed by atoms with van der Waals surface area (Å²) in [6.45, 7) is 8.91. The van der Waals surface area contributed by atoms with E-state index in [0.29, 0.717) is 25.9 Å². The topological polar surface area (TPSA) is 94.5 Å². The molecule has 0 aromatic rings. The molecule has 3 fully saturated rings. The van der Waals surface area contributed by atoms with Crippen molar-refractivity contribution in [2.45, 2.75) is 142 Å². The number of hydrogen-bond donors (Lipinski definition) is 2. The summed E-state index contributed by atoms with van der Waals surface area (Å²) >= 11 is 0. The van der Waals surface area contributed by atoms with E-state index in [1.165, 1.54) is 12.8 Å². The van der Waals surface area contributed by atoms with Crippen LogP contribution < -0.4 is 0 Å². The molecule has 2 saturated heterocycles. The van der Waals surface area contributed by atoms with Crippen LogP contribution in [0.4, 0.5) is 0 Å². The SMILES string of the molecule is CCCCC(C)(C)C/C=C(/OC1CCCCO1)[C@@H]1CC[C@@H]([C@](O)(CCC=CCCOC2CCCCO2)C(=O)O)C1. The lowest BCUT2D eigenvalue weighted by atomic mass is 9.81. The summed E-state index contributed by atoms with van der Waals surface area (Å²) in [5.74, 6) is -0.374. The monoisotopic (exact) mass is 564 g/mol. The molecule has 40 heavy (non-hydrogen) atoms. The minimum absolute atomic E-state index is 0.0930. The number of rotatable bonds is 17. The zero-order valence-corrected chi connectivity index (χ0v) is 25.4. The van der Waals surface area contributed by atoms with E-state index >= 15 is 0 Å². The quantitative estimate of drug-likeness (QED) is 0.107. The number of carbonyl (C=O) groups is 1. The molecule has 0 bridgehead atoms. The normalized spacial score (nSPS) is 28.1. The van der Waals surface area contributed by atoms with Crippen molar-refractivity contribution in [3.05, 3.63) is 24.0 Å². The first-order valence-electron chi connectivity index (χ1n) is 16.1. The predicted molar refractivity (Wildman–Crippen MR) is 157 cm³/mol. The molecule has 1 saturated carbocycles. The molecule has 0 amide bonds. The summed E-state index contributed by atoms with van der Waals surface area (Å²) in [6.07, 6.45) is 20.2. The van der Waals surface area contributed by atoms with E-state index in [2.05, 4.69) is 26.8 Å². The van der Waals surface area contributed by atoms with Crippen LogP contribution in [0.3, 0.4) is 0 Å². The number of hydrogen-bond acceptors (Lipinski definition) is 6. The van der Waals surface area contributed by atoms with Crippen LogP contribution in [0.2, 0.25) is 0 Å². The molecule has 7 nitrogen and oxygen atoms in total. The Labute approximate surface area is 242 Å². The molecule has 0 spiro atoms. The van der Waals surface area contributed by atoms with Crippen molar-refractivity contribution < 1.29 is 34.0 Å². The minimum atomic E-state index is -1.74. The average molecular weight is 565 g/mol. The first kappa shape index (κ1) is 33.1. The van der Waals surface area contributed by atoms with Gasteiger partial charge in [0.05, 0.1) is 19.0 Å². The molecule has 1 aliphatic carbocycles. The summed E-state index contributed by atoms with van der Waals surface area (Å²) in [5, 5.41) is 21.5. The molecule has 2 N–H and O–H groups in total. The summed E-state index contributed by atoms with van der Waals surface area (Å²) < 4.78 is 23.7. The molecular formula is C33H56O7. The van der Waals surface area contributed by atoms with Crippen LogP contribution in [-0.4, -0.2) is 54.2 Å². The fourth-order valence-corrected chi connectivity index (χ4v) is 6.21. The largest absolute Gasteiger partial charge is 0.479 e. The number of carboxylic acid groups (broad SMARTS) is 1. The molecule has 2 heterocycles. The highest BCUT2D eigenvalue weighted by Crippen LogP contribution is 2.44. The van der Waals surface area contributed by atoms with Crippen molar-refractivity contribution >= 4 is 5.97 Å². The van der Waals surface area contributed by atoms with E-state index in [4.69, 9.17) is 18.9 Å². The van der Waals surface area contributed by atoms with Gasteiger partial charge in [-0.15, -0.1) is 0 Å². The summed E-state index contributed by atoms with van der Waals surface area (Å²) in [5.41, 5.74) is -1.56. The Morgan fingerprint density at radius 3 is 2.30 bits per heavy atom. The van der Waals surface area contributed by atoms with Crippen molar-refractivity contribution in [2.24, 2.45) is 17.3 Å². The highest BCUT2D eigenvalue weighted by Gasteiger charge is 2.47. The molecule has 0 aromatic carbocycles. The lowest BCUT2D eigenvalue weighted by Crippen LogP contribution is -2.45. The van der Waals surface area contributed by atoms with Crippen LogP contribution >= 0.6 is 0 Å². The molecular weight excluding hydrogens is 508 g/mol. The molecule has 7 heteroatoms. The van der Waals surface area contributed by atoms with Crippen LogP contribution in [0.15, 0.2) is 24.0 Å². The predicted octanol–water partition coefficient (Wildman–Crippen LogP) is 7.52. The van der Waals surface area contributed by atoms with Gasteiger partial charge in [0, 0.05) is 18.9 Å². The van der Waals surface area contributed by atoms with E-state index < -0.39 is 11.6 Å². The van der Waals surface area contributed by atoms with E-state index in [1.807, 2.05) is 12.2 Å². The zero-order chi connectivity index (χ0) is 28.8. The summed E-state index contributed by atoms with van der Waals surface area (Å²) in [4.78, 5) is 12.3. The Hall–Kier alpha value is -1.41. The van der Waals surface area contributed by atoms with Crippen LogP contribution in [-0.2, 0) is 23.7 Å². The van der Waals surface area contributed by atoms with Crippen molar-refractivity contribution in [1.82, 2.24) is 0 Å². The Bertz CT molecular complexity index is 795. The number of ether oxygens (including phenoxy) is 4. The standard InChI is InChI=1S/C33H56O7/c1-4-5-19-32(2,3)21-18-28(40-30-15-9-13-24-39-30)26-16-17-27(25-26)33(36,31(34)35)20-10-6-7-11-22-37-29-14-8-12-23-38-29/h6-7,18,26-27,29-30,36H,4-5,8-17,19-25H2,1-3H3,(H,34,35)/b7-6?,28-18+/t26-,27-,29?,30?,33-/m1/s1. The third-order valence-corrected chi connectivity index (χ3v) is 8.93. The maximum atomic E-state index is 12.3. The smallest absolute Gasteiger partial charge is 0.335 e. The highest BCUT2D eigenvalue weighted by molar-refractivity contribution is 5.77. The van der Waals surface area contributed by atoms with Crippen LogP contribution in [0.5, 0.6) is 0 Å². The number of carboxylic acids is 1. The van der Waals surface area contributed by atoms with Gasteiger partial charge < -0.3 is 29.2 Å². The molecule has 3 aliphatic rings. The first-order chi connectivity index (χ1) is 19.2. The second-order valence-corrected chi connectivity index (χ2v) is 12.9. The summed E-state index contributed by atoms with van der Waals surface area (Å²) in [7, 11) is 0. The summed E-state index contributed by atoms with van der Waals surface area (Å²) in [6, 6.07) is 0. The molecule has 5 atom stereocenters. The molecule has 2 unspecified atom stereocenters. The van der Waals surface area contributed by atoms with Crippen molar-refractivity contribution in [2.75, 3.05) is 19.8 Å². The number of unbranched alkanes of at least 4 members (excludes halogenated alkanes) is 1. The van der Waals surface area contributed by atoms with Gasteiger partial charge in [-0.1, -0.05) is 45.8 Å². The van der Waals surface area contributed by atoms with Crippen LogP contribution in [0, 0.1) is 17.3 Å².